The standard InChI is InChI=1S/C33H39NO2/c1-31-13-12-27-21-26-8-9-28(34-16-18-35-19-17-34)22-32(26)14-15-33(27,36-32)30(31)11-10-29(31)25-7-6-23-4-2-3-5-24(23)20-25/h2-7,12,20-21,28-30H,8-11,13-19,22H2,1H3/t28-,29-,30-,31-,32-,33-/m1/s1. The molecular formula is C33H39NO2. The molecule has 6 aliphatic rings. The Morgan fingerprint density at radius 3 is 2.69 bits per heavy atom. The molecule has 0 unspecified atom stereocenters. The van der Waals surface area contributed by atoms with Gasteiger partial charge in [0.1, 0.15) is 0 Å². The van der Waals surface area contributed by atoms with Gasteiger partial charge in [0.2, 0.25) is 0 Å². The van der Waals surface area contributed by atoms with Crippen molar-refractivity contribution >= 4 is 10.8 Å². The van der Waals surface area contributed by atoms with Crippen LogP contribution in [-0.2, 0) is 9.47 Å². The Hall–Kier alpha value is -1.94. The van der Waals surface area contributed by atoms with Gasteiger partial charge in [-0.1, -0.05) is 61.5 Å². The quantitative estimate of drug-likeness (QED) is 0.472. The van der Waals surface area contributed by atoms with Crippen LogP contribution in [0.25, 0.3) is 10.8 Å². The van der Waals surface area contributed by atoms with E-state index >= 15 is 0 Å². The van der Waals surface area contributed by atoms with Crippen LogP contribution < -0.4 is 0 Å². The van der Waals surface area contributed by atoms with E-state index in [1.165, 1.54) is 73.3 Å². The summed E-state index contributed by atoms with van der Waals surface area (Å²) in [6, 6.07) is 16.7. The van der Waals surface area contributed by atoms with Gasteiger partial charge in [-0.3, -0.25) is 4.90 Å². The summed E-state index contributed by atoms with van der Waals surface area (Å²) in [5, 5.41) is 2.73. The second kappa shape index (κ2) is 7.79. The first-order valence-electron chi connectivity index (χ1n) is 14.5. The third kappa shape index (κ3) is 2.97. The van der Waals surface area contributed by atoms with Gasteiger partial charge in [-0.15, -0.1) is 0 Å². The lowest BCUT2D eigenvalue weighted by atomic mass is 9.58. The molecule has 3 nitrogen and oxygen atoms in total. The second-order valence-corrected chi connectivity index (χ2v) is 12.9. The Kier molecular flexibility index (Phi) is 4.78. The summed E-state index contributed by atoms with van der Waals surface area (Å²) in [6.45, 7) is 6.55. The molecule has 0 amide bonds. The van der Waals surface area contributed by atoms with E-state index < -0.39 is 0 Å². The van der Waals surface area contributed by atoms with Crippen LogP contribution in [0.3, 0.4) is 0 Å². The van der Waals surface area contributed by atoms with Crippen molar-refractivity contribution in [3.8, 4) is 0 Å². The number of ether oxygens (including phenoxy) is 2. The van der Waals surface area contributed by atoms with Gasteiger partial charge in [0.25, 0.3) is 0 Å². The van der Waals surface area contributed by atoms with Gasteiger partial charge in [0.05, 0.1) is 24.4 Å². The van der Waals surface area contributed by atoms with E-state index in [9.17, 15) is 0 Å². The van der Waals surface area contributed by atoms with Crippen LogP contribution in [0.4, 0.5) is 0 Å². The maximum atomic E-state index is 7.54. The maximum Gasteiger partial charge on any atom is 0.0974 e. The summed E-state index contributed by atoms with van der Waals surface area (Å²) in [7, 11) is 0. The fourth-order valence-electron chi connectivity index (χ4n) is 9.61. The van der Waals surface area contributed by atoms with Crippen molar-refractivity contribution in [2.75, 3.05) is 26.3 Å². The number of fused-ring (bicyclic) bond motifs is 2. The van der Waals surface area contributed by atoms with Crippen molar-refractivity contribution < 1.29 is 9.47 Å². The summed E-state index contributed by atoms with van der Waals surface area (Å²) in [5.74, 6) is 1.22. The molecule has 36 heavy (non-hydrogen) atoms. The minimum atomic E-state index is -0.0605. The molecule has 6 atom stereocenters. The zero-order chi connectivity index (χ0) is 24.0. The predicted octanol–water partition coefficient (Wildman–Crippen LogP) is 6.78. The fourth-order valence-corrected chi connectivity index (χ4v) is 9.61. The highest BCUT2D eigenvalue weighted by Gasteiger charge is 2.66. The summed E-state index contributed by atoms with van der Waals surface area (Å²) in [4.78, 5) is 2.70. The van der Waals surface area contributed by atoms with E-state index in [1.807, 2.05) is 0 Å². The number of nitrogens with zero attached hydrogens (tertiary/aromatic N) is 1. The van der Waals surface area contributed by atoms with Gasteiger partial charge >= 0.3 is 0 Å². The third-order valence-corrected chi connectivity index (χ3v) is 11.4. The molecule has 0 radical (unpaired) electrons. The maximum absolute atomic E-state index is 7.54. The fraction of sp³-hybridized carbons (Fsp3) is 0.576. The van der Waals surface area contributed by atoms with Gasteiger partial charge in [0, 0.05) is 19.1 Å². The molecule has 2 bridgehead atoms. The number of morpholine rings is 1. The number of hydrogen-bond acceptors (Lipinski definition) is 3. The Bertz CT molecular complexity index is 1270. The predicted molar refractivity (Wildman–Crippen MR) is 144 cm³/mol. The minimum Gasteiger partial charge on any atom is -0.379 e. The van der Waals surface area contributed by atoms with Gasteiger partial charge in [0.15, 0.2) is 0 Å². The lowest BCUT2D eigenvalue weighted by molar-refractivity contribution is -0.143. The average molecular weight is 482 g/mol. The van der Waals surface area contributed by atoms with Gasteiger partial charge in [-0.25, -0.2) is 0 Å². The van der Waals surface area contributed by atoms with Crippen molar-refractivity contribution in [1.82, 2.24) is 4.90 Å². The summed E-state index contributed by atoms with van der Waals surface area (Å²) < 4.78 is 13.2. The summed E-state index contributed by atoms with van der Waals surface area (Å²) in [6.07, 6.45) is 15.1. The van der Waals surface area contributed by atoms with E-state index in [0.29, 0.717) is 17.9 Å². The lowest BCUT2D eigenvalue weighted by Crippen LogP contribution is -2.56. The van der Waals surface area contributed by atoms with E-state index in [2.05, 4.69) is 66.4 Å². The topological polar surface area (TPSA) is 21.7 Å². The molecule has 3 heteroatoms. The summed E-state index contributed by atoms with van der Waals surface area (Å²) in [5.41, 5.74) is 4.88. The van der Waals surface area contributed by atoms with Crippen LogP contribution in [-0.4, -0.2) is 48.4 Å². The minimum absolute atomic E-state index is 0.0160. The van der Waals surface area contributed by atoms with Crippen LogP contribution in [0.2, 0.25) is 0 Å². The monoisotopic (exact) mass is 481 g/mol. The highest BCUT2D eigenvalue weighted by Crippen LogP contribution is 2.69. The molecule has 2 saturated heterocycles. The van der Waals surface area contributed by atoms with Crippen LogP contribution in [0.15, 0.2) is 65.8 Å². The van der Waals surface area contributed by atoms with Crippen molar-refractivity contribution in [3.63, 3.8) is 0 Å². The first kappa shape index (κ1) is 22.1. The first-order valence-corrected chi connectivity index (χ1v) is 14.5. The van der Waals surface area contributed by atoms with Crippen molar-refractivity contribution in [1.29, 1.82) is 0 Å². The van der Waals surface area contributed by atoms with Crippen molar-refractivity contribution in [2.45, 2.75) is 81.5 Å². The van der Waals surface area contributed by atoms with E-state index in [0.717, 1.165) is 26.3 Å². The first-order chi connectivity index (χ1) is 17.6. The molecule has 4 fully saturated rings. The highest BCUT2D eigenvalue weighted by molar-refractivity contribution is 5.83. The Morgan fingerprint density at radius 2 is 1.81 bits per heavy atom. The Labute approximate surface area is 215 Å². The molecule has 2 aromatic carbocycles. The zero-order valence-electron chi connectivity index (χ0n) is 21.7. The molecule has 2 spiro atoms. The molecule has 0 N–H and O–H groups in total. The van der Waals surface area contributed by atoms with Gasteiger partial charge in [-0.2, -0.15) is 0 Å². The van der Waals surface area contributed by atoms with Crippen molar-refractivity contribution in [2.24, 2.45) is 11.3 Å². The van der Waals surface area contributed by atoms with Gasteiger partial charge < -0.3 is 9.47 Å². The molecule has 2 aromatic rings. The van der Waals surface area contributed by atoms with Crippen LogP contribution in [0.1, 0.15) is 69.8 Å². The smallest absolute Gasteiger partial charge is 0.0974 e. The number of benzene rings is 2. The van der Waals surface area contributed by atoms with E-state index in [-0.39, 0.29) is 16.6 Å². The molecule has 2 saturated carbocycles. The zero-order valence-corrected chi connectivity index (χ0v) is 21.7. The third-order valence-electron chi connectivity index (χ3n) is 11.4. The van der Waals surface area contributed by atoms with Gasteiger partial charge in [-0.05, 0) is 96.1 Å². The largest absolute Gasteiger partial charge is 0.379 e. The molecule has 188 valence electrons. The Balaban J connectivity index is 1.13. The van der Waals surface area contributed by atoms with E-state index in [1.54, 1.807) is 5.57 Å². The van der Waals surface area contributed by atoms with Crippen LogP contribution >= 0.6 is 0 Å². The summed E-state index contributed by atoms with van der Waals surface area (Å²) >= 11 is 0. The van der Waals surface area contributed by atoms with E-state index in [4.69, 9.17) is 9.47 Å². The number of rotatable bonds is 2. The number of hydrogen-bond donors (Lipinski definition) is 0. The molecule has 3 aliphatic heterocycles. The molecular weight excluding hydrogens is 442 g/mol. The SMILES string of the molecule is C[C@]12CC=C3C=C4CC[C@@H](N5CCOCC5)C[C@]45CC[C@]3(O5)[C@@H]1CC[C@@H]2c1ccc2ccccc2c1. The number of allylic oxidation sites excluding steroid dienone is 1. The lowest BCUT2D eigenvalue weighted by Gasteiger charge is -2.55. The van der Waals surface area contributed by atoms with Crippen molar-refractivity contribution in [3.05, 3.63) is 71.3 Å². The van der Waals surface area contributed by atoms with Crippen LogP contribution in [0, 0.1) is 11.3 Å². The molecule has 0 aromatic heterocycles. The highest BCUT2D eigenvalue weighted by atomic mass is 16.5. The molecule has 8 rings (SSSR count). The normalized spacial score (nSPS) is 41.9. The molecule has 3 aliphatic carbocycles. The Morgan fingerprint density at radius 1 is 0.944 bits per heavy atom. The molecule has 3 heterocycles. The van der Waals surface area contributed by atoms with Crippen LogP contribution in [0.5, 0.6) is 0 Å². The second-order valence-electron chi connectivity index (χ2n) is 12.9. The average Bonchev–Trinajstić information content (AvgIpc) is 3.43.